The molecule has 15 heteroatoms. The number of hydrogen-bond donors (Lipinski definition) is 3. The van der Waals surface area contributed by atoms with Crippen LogP contribution >= 0.6 is 0 Å². The first-order valence-corrected chi connectivity index (χ1v) is 13.6. The first-order valence-electron chi connectivity index (χ1n) is 12.2. The van der Waals surface area contributed by atoms with Crippen LogP contribution in [0, 0.1) is 0 Å². The van der Waals surface area contributed by atoms with Gasteiger partial charge in [-0.1, -0.05) is 6.07 Å². The van der Waals surface area contributed by atoms with Crippen LogP contribution in [0.4, 0.5) is 52.5 Å². The van der Waals surface area contributed by atoms with Crippen LogP contribution in [0.3, 0.4) is 0 Å². The molecule has 0 radical (unpaired) electrons. The minimum atomic E-state index is -4.80. The van der Waals surface area contributed by atoms with Crippen LogP contribution in [0.2, 0.25) is 0 Å². The summed E-state index contributed by atoms with van der Waals surface area (Å²) in [6, 6.07) is 19.0. The number of nitrogens with one attached hydrogen (secondary N) is 3. The lowest BCUT2D eigenvalue weighted by atomic mass is 10.2. The molecule has 0 saturated carbocycles. The maximum absolute atomic E-state index is 12.4. The largest absolute Gasteiger partial charge is 0.573 e. The highest BCUT2D eigenvalue weighted by atomic mass is 32.2. The van der Waals surface area contributed by atoms with E-state index in [0.29, 0.717) is 17.2 Å². The minimum Gasteiger partial charge on any atom is -0.406 e. The van der Waals surface area contributed by atoms with E-state index in [4.69, 9.17) is 0 Å². The number of hydrogen-bond acceptors (Lipinski definition) is 8. The van der Waals surface area contributed by atoms with Crippen molar-refractivity contribution >= 4 is 50.6 Å². The molecule has 0 saturated heterocycles. The number of carbonyl (C=O) groups is 1. The molecule has 0 aliphatic carbocycles. The highest BCUT2D eigenvalue weighted by Gasteiger charge is 2.31. The Balaban J connectivity index is 1.38. The lowest BCUT2D eigenvalue weighted by Crippen LogP contribution is -2.22. The molecular weight excluding hydrogens is 575 g/mol. The molecule has 0 aliphatic rings. The summed E-state index contributed by atoms with van der Waals surface area (Å²) < 4.78 is 66.7. The van der Waals surface area contributed by atoms with Gasteiger partial charge >= 0.3 is 12.4 Å². The summed E-state index contributed by atoms with van der Waals surface area (Å²) in [5.41, 5.74) is 1.99. The van der Waals surface area contributed by atoms with Crippen LogP contribution in [0.5, 0.6) is 5.75 Å². The van der Waals surface area contributed by atoms with E-state index in [9.17, 15) is 26.4 Å². The fourth-order valence-electron chi connectivity index (χ4n) is 3.60. The summed E-state index contributed by atoms with van der Waals surface area (Å²) in [5.74, 6) is 0.400. The topological polar surface area (TPSA) is 129 Å². The van der Waals surface area contributed by atoms with Gasteiger partial charge in [0, 0.05) is 50.1 Å². The lowest BCUT2D eigenvalue weighted by Gasteiger charge is -2.19. The fraction of sp³-hybridized carbons (Fsp3) is 0.148. The van der Waals surface area contributed by atoms with E-state index in [1.54, 1.807) is 60.6 Å². The molecule has 2 amide bonds. The van der Waals surface area contributed by atoms with Crippen molar-refractivity contribution < 1.29 is 31.1 Å². The molecule has 0 spiro atoms. The zero-order valence-corrected chi connectivity index (χ0v) is 23.4. The predicted molar refractivity (Wildman–Crippen MR) is 153 cm³/mol. The van der Waals surface area contributed by atoms with Gasteiger partial charge in [0.15, 0.2) is 0 Å². The van der Waals surface area contributed by atoms with Crippen LogP contribution in [0.15, 0.2) is 90.0 Å². The predicted octanol–water partition coefficient (Wildman–Crippen LogP) is 5.78. The zero-order valence-electron chi connectivity index (χ0n) is 22.5. The van der Waals surface area contributed by atoms with Crippen LogP contribution in [-0.2, 0) is 10.0 Å². The number of anilines is 6. The Kier molecular flexibility index (Phi) is 8.82. The second kappa shape index (κ2) is 12.3. The lowest BCUT2D eigenvalue weighted by molar-refractivity contribution is -0.274. The summed E-state index contributed by atoms with van der Waals surface area (Å²) in [4.78, 5) is 23.0. The van der Waals surface area contributed by atoms with Crippen molar-refractivity contribution in [3.8, 4) is 5.75 Å². The summed E-state index contributed by atoms with van der Waals surface area (Å²) in [5, 5.41) is 8.20. The Morgan fingerprint density at radius 3 is 2.07 bits per heavy atom. The van der Waals surface area contributed by atoms with Crippen molar-refractivity contribution in [1.82, 2.24) is 14.3 Å². The van der Waals surface area contributed by atoms with E-state index in [0.717, 1.165) is 22.1 Å². The van der Waals surface area contributed by atoms with E-state index < -0.39 is 28.2 Å². The second-order valence-corrected chi connectivity index (χ2v) is 11.1. The zero-order chi connectivity index (χ0) is 30.5. The molecule has 42 heavy (non-hydrogen) atoms. The van der Waals surface area contributed by atoms with Crippen molar-refractivity contribution in [2.75, 3.05) is 42.0 Å². The number of halogens is 3. The number of carbonyl (C=O) groups excluding carboxylic acids is 1. The van der Waals surface area contributed by atoms with Gasteiger partial charge in [-0.2, -0.15) is 4.98 Å². The third kappa shape index (κ3) is 7.86. The van der Waals surface area contributed by atoms with Crippen LogP contribution in [0.1, 0.15) is 0 Å². The van der Waals surface area contributed by atoms with Crippen LogP contribution in [0.25, 0.3) is 0 Å². The summed E-state index contributed by atoms with van der Waals surface area (Å²) in [6.07, 6.45) is -3.24. The van der Waals surface area contributed by atoms with Crippen molar-refractivity contribution in [3.63, 3.8) is 0 Å². The highest BCUT2D eigenvalue weighted by molar-refractivity contribution is 7.89. The highest BCUT2D eigenvalue weighted by Crippen LogP contribution is 2.26. The Hall–Kier alpha value is -4.89. The SMILES string of the molecule is CN(c1ccc(NC(=O)Nc2ccc(OC(F)(F)F)cc2)cc1)c1ccnc(Nc2cccc(S(=O)(=O)N(C)C)c2)n1. The number of nitrogens with zero attached hydrogens (tertiary/aromatic N) is 4. The molecule has 0 unspecified atom stereocenters. The molecule has 3 aromatic carbocycles. The molecule has 1 aromatic heterocycles. The Bertz CT molecular complexity index is 1650. The van der Waals surface area contributed by atoms with E-state index >= 15 is 0 Å². The molecule has 1 heterocycles. The van der Waals surface area contributed by atoms with Gasteiger partial charge in [0.25, 0.3) is 0 Å². The molecule has 11 nitrogen and oxygen atoms in total. The van der Waals surface area contributed by atoms with E-state index in [-0.39, 0.29) is 16.5 Å². The number of benzene rings is 3. The number of alkyl halides is 3. The average molecular weight is 602 g/mol. The van der Waals surface area contributed by atoms with E-state index in [1.165, 1.54) is 38.4 Å². The number of urea groups is 1. The van der Waals surface area contributed by atoms with Gasteiger partial charge in [-0.3, -0.25) is 0 Å². The third-order valence-electron chi connectivity index (χ3n) is 5.71. The van der Waals surface area contributed by atoms with E-state index in [2.05, 4.69) is 30.7 Å². The molecule has 4 rings (SSSR count). The molecule has 0 bridgehead atoms. The minimum absolute atomic E-state index is 0.126. The number of sulfonamides is 1. The molecular formula is C27H26F3N7O4S. The van der Waals surface area contributed by atoms with Gasteiger partial charge in [0.2, 0.25) is 16.0 Å². The number of rotatable bonds is 9. The van der Waals surface area contributed by atoms with Crippen LogP contribution in [-0.4, -0.2) is 56.2 Å². The molecule has 3 N–H and O–H groups in total. The van der Waals surface area contributed by atoms with Crippen molar-refractivity contribution in [1.29, 1.82) is 0 Å². The standard InChI is InChI=1S/C27H26F3N7O4S/c1-36(2)42(39,40)23-6-4-5-20(17-23)32-25-31-16-15-24(35-25)37(3)21-11-7-18(8-12-21)33-26(38)34-19-9-13-22(14-10-19)41-27(28,29)30/h4-17H,1-3H3,(H,31,32,35)(H2,33,34,38). The van der Waals surface area contributed by atoms with Crippen LogP contribution < -0.4 is 25.6 Å². The van der Waals surface area contributed by atoms with Crippen molar-refractivity contribution in [3.05, 3.63) is 85.1 Å². The summed E-state index contributed by atoms with van der Waals surface area (Å²) in [6.45, 7) is 0. The van der Waals surface area contributed by atoms with Gasteiger partial charge < -0.3 is 25.6 Å². The van der Waals surface area contributed by atoms with Gasteiger partial charge in [0.1, 0.15) is 11.6 Å². The van der Waals surface area contributed by atoms with Gasteiger partial charge in [-0.15, -0.1) is 13.2 Å². The molecule has 0 fully saturated rings. The number of amides is 2. The fourth-order valence-corrected chi connectivity index (χ4v) is 4.55. The van der Waals surface area contributed by atoms with Gasteiger partial charge in [0.05, 0.1) is 4.90 Å². The quantitative estimate of drug-likeness (QED) is 0.220. The first kappa shape index (κ1) is 30.1. The number of ether oxygens (including phenoxy) is 1. The molecule has 220 valence electrons. The Morgan fingerprint density at radius 1 is 0.857 bits per heavy atom. The van der Waals surface area contributed by atoms with Crippen molar-refractivity contribution in [2.45, 2.75) is 11.3 Å². The Labute approximate surface area is 240 Å². The van der Waals surface area contributed by atoms with E-state index in [1.807, 2.05) is 0 Å². The molecule has 0 aliphatic heterocycles. The maximum Gasteiger partial charge on any atom is 0.573 e. The Morgan fingerprint density at radius 2 is 1.48 bits per heavy atom. The van der Waals surface area contributed by atoms with Gasteiger partial charge in [-0.05, 0) is 72.8 Å². The molecule has 4 aromatic rings. The molecule has 0 atom stereocenters. The monoisotopic (exact) mass is 601 g/mol. The van der Waals surface area contributed by atoms with Gasteiger partial charge in [-0.25, -0.2) is 22.5 Å². The summed E-state index contributed by atoms with van der Waals surface area (Å²) in [7, 11) is 1.09. The second-order valence-electron chi connectivity index (χ2n) is 8.94. The normalized spacial score (nSPS) is 11.6. The first-order chi connectivity index (χ1) is 19.8. The third-order valence-corrected chi connectivity index (χ3v) is 7.52. The smallest absolute Gasteiger partial charge is 0.406 e. The number of aromatic nitrogens is 2. The van der Waals surface area contributed by atoms with Crippen molar-refractivity contribution in [2.24, 2.45) is 0 Å². The summed E-state index contributed by atoms with van der Waals surface area (Å²) >= 11 is 0. The average Bonchev–Trinajstić information content (AvgIpc) is 2.93. The maximum atomic E-state index is 12.4.